The van der Waals surface area contributed by atoms with Gasteiger partial charge in [0, 0.05) is 12.6 Å². The van der Waals surface area contributed by atoms with E-state index in [9.17, 15) is 4.79 Å². The van der Waals surface area contributed by atoms with E-state index in [0.29, 0.717) is 18.5 Å². The molecule has 0 aromatic carbocycles. The number of carbonyl (C=O) groups is 1. The van der Waals surface area contributed by atoms with Crippen LogP contribution >= 0.6 is 0 Å². The van der Waals surface area contributed by atoms with Crippen molar-refractivity contribution in [2.45, 2.75) is 39.7 Å². The van der Waals surface area contributed by atoms with Gasteiger partial charge in [0.15, 0.2) is 0 Å². The van der Waals surface area contributed by atoms with Crippen LogP contribution in [0, 0.1) is 5.92 Å². The molecule has 0 saturated carbocycles. The van der Waals surface area contributed by atoms with Crippen molar-refractivity contribution in [1.29, 1.82) is 0 Å². The summed E-state index contributed by atoms with van der Waals surface area (Å²) in [7, 11) is 0. The highest BCUT2D eigenvalue weighted by atomic mass is 16.4. The number of carboxylic acids is 1. The summed E-state index contributed by atoms with van der Waals surface area (Å²) in [5.41, 5.74) is 0. The van der Waals surface area contributed by atoms with Crippen LogP contribution in [0.1, 0.15) is 33.6 Å². The normalized spacial score (nSPS) is 13.3. The van der Waals surface area contributed by atoms with Crippen molar-refractivity contribution in [1.82, 2.24) is 5.32 Å². The summed E-state index contributed by atoms with van der Waals surface area (Å²) < 4.78 is 0. The van der Waals surface area contributed by atoms with Crippen molar-refractivity contribution in [2.75, 3.05) is 6.54 Å². The monoisotopic (exact) mass is 173 g/mol. The summed E-state index contributed by atoms with van der Waals surface area (Å²) >= 11 is 0. The van der Waals surface area contributed by atoms with Crippen LogP contribution in [0.15, 0.2) is 0 Å². The lowest BCUT2D eigenvalue weighted by atomic mass is 10.0. The number of hydrogen-bond donors (Lipinski definition) is 2. The fraction of sp³-hybridized carbons (Fsp3) is 0.889. The molecular weight excluding hydrogens is 154 g/mol. The summed E-state index contributed by atoms with van der Waals surface area (Å²) in [5, 5.41) is 11.6. The number of nitrogens with one attached hydrogen (secondary N) is 1. The second kappa shape index (κ2) is 6.00. The highest BCUT2D eigenvalue weighted by Gasteiger charge is 2.09. The van der Waals surface area contributed by atoms with E-state index in [2.05, 4.69) is 26.1 Å². The molecule has 2 N–H and O–H groups in total. The second-order valence-electron chi connectivity index (χ2n) is 3.36. The quantitative estimate of drug-likeness (QED) is 0.639. The number of hydrogen-bond acceptors (Lipinski definition) is 2. The summed E-state index contributed by atoms with van der Waals surface area (Å²) in [6.45, 7) is 6.97. The van der Waals surface area contributed by atoms with Crippen molar-refractivity contribution in [2.24, 2.45) is 5.92 Å². The lowest BCUT2D eigenvalue weighted by Crippen LogP contribution is -2.34. The van der Waals surface area contributed by atoms with E-state index in [-0.39, 0.29) is 6.42 Å². The van der Waals surface area contributed by atoms with Crippen molar-refractivity contribution < 1.29 is 9.90 Å². The molecule has 12 heavy (non-hydrogen) atoms. The molecule has 1 atom stereocenters. The van der Waals surface area contributed by atoms with Gasteiger partial charge in [-0.25, -0.2) is 0 Å². The zero-order valence-corrected chi connectivity index (χ0v) is 8.13. The summed E-state index contributed by atoms with van der Waals surface area (Å²) in [6.07, 6.45) is 1.26. The molecule has 0 amide bonds. The van der Waals surface area contributed by atoms with Crippen LogP contribution in [-0.4, -0.2) is 23.7 Å². The standard InChI is InChI=1S/C9H19NO2/c1-4-8(7(2)3)10-6-5-9(11)12/h7-8,10H,4-6H2,1-3H3,(H,11,12). The zero-order chi connectivity index (χ0) is 9.56. The van der Waals surface area contributed by atoms with Crippen LogP contribution in [0.4, 0.5) is 0 Å². The molecule has 0 rings (SSSR count). The molecule has 0 aromatic rings. The van der Waals surface area contributed by atoms with Crippen LogP contribution in [0.25, 0.3) is 0 Å². The van der Waals surface area contributed by atoms with E-state index in [4.69, 9.17) is 5.11 Å². The number of aliphatic carboxylic acids is 1. The van der Waals surface area contributed by atoms with Gasteiger partial charge in [-0.1, -0.05) is 20.8 Å². The lowest BCUT2D eigenvalue weighted by molar-refractivity contribution is -0.136. The summed E-state index contributed by atoms with van der Waals surface area (Å²) in [5.74, 6) is -0.162. The topological polar surface area (TPSA) is 49.3 Å². The third-order valence-corrected chi connectivity index (χ3v) is 1.99. The highest BCUT2D eigenvalue weighted by molar-refractivity contribution is 5.66. The first-order chi connectivity index (χ1) is 5.57. The van der Waals surface area contributed by atoms with Gasteiger partial charge in [-0.3, -0.25) is 4.79 Å². The fourth-order valence-electron chi connectivity index (χ4n) is 1.22. The average Bonchev–Trinajstić information content (AvgIpc) is 1.96. The molecule has 3 nitrogen and oxygen atoms in total. The minimum Gasteiger partial charge on any atom is -0.481 e. The van der Waals surface area contributed by atoms with E-state index in [1.807, 2.05) is 0 Å². The maximum atomic E-state index is 10.2. The van der Waals surface area contributed by atoms with Crippen molar-refractivity contribution in [3.63, 3.8) is 0 Å². The van der Waals surface area contributed by atoms with Gasteiger partial charge in [-0.15, -0.1) is 0 Å². The van der Waals surface area contributed by atoms with Gasteiger partial charge in [-0.2, -0.15) is 0 Å². The van der Waals surface area contributed by atoms with Crippen LogP contribution < -0.4 is 5.32 Å². The van der Waals surface area contributed by atoms with Crippen LogP contribution in [0.5, 0.6) is 0 Å². The molecule has 3 heteroatoms. The Kier molecular flexibility index (Phi) is 5.72. The Labute approximate surface area is 74.2 Å². The van der Waals surface area contributed by atoms with Crippen LogP contribution in [0.3, 0.4) is 0 Å². The molecule has 0 heterocycles. The molecular formula is C9H19NO2. The zero-order valence-electron chi connectivity index (χ0n) is 8.13. The third-order valence-electron chi connectivity index (χ3n) is 1.99. The first kappa shape index (κ1) is 11.4. The molecule has 0 saturated heterocycles. The Balaban J connectivity index is 3.51. The van der Waals surface area contributed by atoms with E-state index in [0.717, 1.165) is 6.42 Å². The molecule has 0 aliphatic carbocycles. The lowest BCUT2D eigenvalue weighted by Gasteiger charge is -2.19. The SMILES string of the molecule is CCC(NCCC(=O)O)C(C)C. The number of carboxylic acid groups (broad SMARTS) is 1. The Morgan fingerprint density at radius 2 is 2.08 bits per heavy atom. The molecule has 0 radical (unpaired) electrons. The Morgan fingerprint density at radius 3 is 2.42 bits per heavy atom. The van der Waals surface area contributed by atoms with Gasteiger partial charge in [-0.05, 0) is 12.3 Å². The number of rotatable bonds is 6. The first-order valence-corrected chi connectivity index (χ1v) is 4.53. The van der Waals surface area contributed by atoms with E-state index in [1.165, 1.54) is 0 Å². The molecule has 0 fully saturated rings. The van der Waals surface area contributed by atoms with E-state index >= 15 is 0 Å². The molecule has 0 aliphatic heterocycles. The minimum atomic E-state index is -0.735. The molecule has 72 valence electrons. The van der Waals surface area contributed by atoms with Gasteiger partial charge >= 0.3 is 5.97 Å². The molecule has 0 spiro atoms. The van der Waals surface area contributed by atoms with Gasteiger partial charge in [0.25, 0.3) is 0 Å². The maximum Gasteiger partial charge on any atom is 0.304 e. The van der Waals surface area contributed by atoms with Gasteiger partial charge < -0.3 is 10.4 Å². The van der Waals surface area contributed by atoms with Crippen molar-refractivity contribution in [3.8, 4) is 0 Å². The largest absolute Gasteiger partial charge is 0.481 e. The average molecular weight is 173 g/mol. The molecule has 0 aliphatic rings. The van der Waals surface area contributed by atoms with Crippen molar-refractivity contribution >= 4 is 5.97 Å². The van der Waals surface area contributed by atoms with Crippen LogP contribution in [0.2, 0.25) is 0 Å². The van der Waals surface area contributed by atoms with Crippen molar-refractivity contribution in [3.05, 3.63) is 0 Å². The van der Waals surface area contributed by atoms with E-state index < -0.39 is 5.97 Å². The van der Waals surface area contributed by atoms with Gasteiger partial charge in [0.2, 0.25) is 0 Å². The predicted octanol–water partition coefficient (Wildman–Crippen LogP) is 1.49. The summed E-state index contributed by atoms with van der Waals surface area (Å²) in [6, 6.07) is 0.448. The maximum absolute atomic E-state index is 10.2. The van der Waals surface area contributed by atoms with Gasteiger partial charge in [0.1, 0.15) is 0 Å². The predicted molar refractivity (Wildman–Crippen MR) is 49.2 cm³/mol. The molecule has 1 unspecified atom stereocenters. The fourth-order valence-corrected chi connectivity index (χ4v) is 1.22. The van der Waals surface area contributed by atoms with Gasteiger partial charge in [0.05, 0.1) is 6.42 Å². The van der Waals surface area contributed by atoms with E-state index in [1.54, 1.807) is 0 Å². The first-order valence-electron chi connectivity index (χ1n) is 4.53. The minimum absolute atomic E-state index is 0.212. The smallest absolute Gasteiger partial charge is 0.304 e. The van der Waals surface area contributed by atoms with Crippen LogP contribution in [-0.2, 0) is 4.79 Å². The summed E-state index contributed by atoms with van der Waals surface area (Å²) in [4.78, 5) is 10.2. The molecule has 0 aromatic heterocycles. The molecule has 0 bridgehead atoms. The Hall–Kier alpha value is -0.570. The third kappa shape index (κ3) is 5.13. The Bertz CT molecular complexity index is 134. The second-order valence-corrected chi connectivity index (χ2v) is 3.36. The Morgan fingerprint density at radius 1 is 1.50 bits per heavy atom. The highest BCUT2D eigenvalue weighted by Crippen LogP contribution is 2.04.